The van der Waals surface area contributed by atoms with Crippen LogP contribution in [0.3, 0.4) is 0 Å². The van der Waals surface area contributed by atoms with Crippen LogP contribution < -0.4 is 15.2 Å². The second kappa shape index (κ2) is 18.7. The molecule has 0 amide bonds. The number of carbonyl (C=O) groups is 4. The van der Waals surface area contributed by atoms with Crippen molar-refractivity contribution in [2.45, 2.75) is 78.2 Å². The van der Waals surface area contributed by atoms with Crippen LogP contribution in [0.4, 0.5) is 14.4 Å². The maximum atomic E-state index is 12.6. The van der Waals surface area contributed by atoms with Gasteiger partial charge in [0.25, 0.3) is 0 Å². The summed E-state index contributed by atoms with van der Waals surface area (Å²) in [6, 6.07) is 4.31. The van der Waals surface area contributed by atoms with Crippen LogP contribution in [0.5, 0.6) is 11.5 Å². The molecule has 0 saturated heterocycles. The Bertz CT molecular complexity index is 950. The summed E-state index contributed by atoms with van der Waals surface area (Å²) in [5.41, 5.74) is 5.22. The Kier molecular flexibility index (Phi) is 16.1. The van der Waals surface area contributed by atoms with E-state index in [4.69, 9.17) is 38.9 Å². The van der Waals surface area contributed by atoms with Gasteiger partial charge in [-0.1, -0.05) is 46.6 Å². The third-order valence-electron chi connectivity index (χ3n) is 5.63. The maximum absolute atomic E-state index is 12.6. The number of hydrogen-bond donors (Lipinski definition) is 1. The van der Waals surface area contributed by atoms with Gasteiger partial charge in [-0.05, 0) is 42.9 Å². The highest BCUT2D eigenvalue weighted by atomic mass is 16.7. The van der Waals surface area contributed by atoms with Crippen molar-refractivity contribution >= 4 is 24.4 Å². The first-order chi connectivity index (χ1) is 19.0. The molecule has 1 atom stereocenters. The summed E-state index contributed by atoms with van der Waals surface area (Å²) in [6.07, 6.45) is 0.623. The molecule has 1 aromatic carbocycles. The average Bonchev–Trinajstić information content (AvgIpc) is 2.89. The van der Waals surface area contributed by atoms with Crippen LogP contribution in [-0.4, -0.2) is 63.5 Å². The third kappa shape index (κ3) is 13.5. The highest BCUT2D eigenvalue weighted by Gasteiger charge is 2.36. The van der Waals surface area contributed by atoms with E-state index < -0.39 is 30.0 Å². The van der Waals surface area contributed by atoms with Crippen LogP contribution in [-0.2, 0) is 34.9 Å². The zero-order valence-corrected chi connectivity index (χ0v) is 24.2. The van der Waals surface area contributed by atoms with Gasteiger partial charge in [0.05, 0.1) is 33.5 Å². The van der Waals surface area contributed by atoms with Crippen molar-refractivity contribution in [3.8, 4) is 11.5 Å². The number of ether oxygens (including phenoxy) is 7. The average molecular weight is 570 g/mol. The van der Waals surface area contributed by atoms with Crippen LogP contribution in [0.2, 0.25) is 0 Å². The summed E-state index contributed by atoms with van der Waals surface area (Å²) >= 11 is 0. The molecule has 0 radical (unpaired) electrons. The first-order valence-electron chi connectivity index (χ1n) is 13.5. The molecule has 0 aliphatic rings. The van der Waals surface area contributed by atoms with Crippen LogP contribution in [0, 0.1) is 5.92 Å². The van der Waals surface area contributed by atoms with Gasteiger partial charge in [0.15, 0.2) is 11.5 Å². The smallest absolute Gasteiger partial charge is 0.468 e. The molecule has 0 saturated carbocycles. The van der Waals surface area contributed by atoms with Crippen molar-refractivity contribution in [1.82, 2.24) is 0 Å². The molecule has 12 heteroatoms. The lowest BCUT2D eigenvalue weighted by atomic mass is 9.88. The van der Waals surface area contributed by atoms with Crippen LogP contribution in [0.25, 0.3) is 0 Å². The molecule has 0 bridgehead atoms. The highest BCUT2D eigenvalue weighted by molar-refractivity contribution is 5.81. The predicted molar refractivity (Wildman–Crippen MR) is 144 cm³/mol. The molecule has 0 aromatic heterocycles. The number of unbranched alkanes of at least 4 members (excludes halogenated alkanes) is 2. The van der Waals surface area contributed by atoms with E-state index >= 15 is 0 Å². The van der Waals surface area contributed by atoms with Gasteiger partial charge in [-0.2, -0.15) is 0 Å². The van der Waals surface area contributed by atoms with E-state index in [0.717, 1.165) is 12.8 Å². The molecule has 0 aliphatic carbocycles. The summed E-state index contributed by atoms with van der Waals surface area (Å²) in [6.45, 7) is 8.21. The third-order valence-corrected chi connectivity index (χ3v) is 5.63. The number of rotatable bonds is 17. The largest absolute Gasteiger partial charge is 0.513 e. The number of hydrogen-bond acceptors (Lipinski definition) is 12. The van der Waals surface area contributed by atoms with Gasteiger partial charge in [0, 0.05) is 12.8 Å². The molecular formula is C28H43NO11. The zero-order chi connectivity index (χ0) is 30.0. The molecule has 0 aliphatic heterocycles. The quantitative estimate of drug-likeness (QED) is 0.111. The van der Waals surface area contributed by atoms with E-state index in [1.165, 1.54) is 25.3 Å². The Labute approximate surface area is 235 Å². The van der Waals surface area contributed by atoms with E-state index in [1.807, 2.05) is 27.7 Å². The van der Waals surface area contributed by atoms with E-state index in [9.17, 15) is 19.2 Å². The lowest BCUT2D eigenvalue weighted by Gasteiger charge is -2.26. The number of benzene rings is 1. The summed E-state index contributed by atoms with van der Waals surface area (Å²) in [5.74, 6) is -0.612. The van der Waals surface area contributed by atoms with E-state index in [0.29, 0.717) is 30.7 Å². The van der Waals surface area contributed by atoms with Crippen LogP contribution in [0.15, 0.2) is 18.2 Å². The van der Waals surface area contributed by atoms with Gasteiger partial charge in [0.2, 0.25) is 0 Å². The van der Waals surface area contributed by atoms with Gasteiger partial charge in [-0.25, -0.2) is 14.4 Å². The number of esters is 1. The Hall–Kier alpha value is -3.54. The lowest BCUT2D eigenvalue weighted by Crippen LogP contribution is -2.51. The molecule has 1 rings (SSSR count). The molecule has 12 nitrogen and oxygen atoms in total. The topological polar surface area (TPSA) is 159 Å². The Morgan fingerprint density at radius 2 is 1.35 bits per heavy atom. The summed E-state index contributed by atoms with van der Waals surface area (Å²) in [5, 5.41) is 0. The van der Waals surface area contributed by atoms with Gasteiger partial charge in [-0.3, -0.25) is 4.79 Å². The Balaban J connectivity index is 3.03. The summed E-state index contributed by atoms with van der Waals surface area (Å²) in [7, 11) is 1.19. The van der Waals surface area contributed by atoms with Crippen molar-refractivity contribution < 1.29 is 52.3 Å². The van der Waals surface area contributed by atoms with Crippen LogP contribution >= 0.6 is 0 Å². The molecule has 0 spiro atoms. The SMILES string of the molecule is CCCCOC(=O)Oc1ccc(C[C@](N)(CCOC(=O)OCCC(C)C)C(=O)OC)cc1OC(=O)OCCCC. The van der Waals surface area contributed by atoms with Crippen molar-refractivity contribution in [2.24, 2.45) is 11.7 Å². The molecule has 0 fully saturated rings. The number of methoxy groups -OCH3 is 1. The highest BCUT2D eigenvalue weighted by Crippen LogP contribution is 2.31. The van der Waals surface area contributed by atoms with E-state index in [2.05, 4.69) is 0 Å². The Morgan fingerprint density at radius 1 is 0.800 bits per heavy atom. The fraction of sp³-hybridized carbons (Fsp3) is 0.643. The van der Waals surface area contributed by atoms with Crippen molar-refractivity contribution in [2.75, 3.05) is 33.5 Å². The number of nitrogens with two attached hydrogens (primary N) is 1. The molecule has 1 aromatic rings. The fourth-order valence-corrected chi connectivity index (χ4v) is 3.23. The molecule has 226 valence electrons. The first kappa shape index (κ1) is 34.5. The maximum Gasteiger partial charge on any atom is 0.513 e. The van der Waals surface area contributed by atoms with Gasteiger partial charge < -0.3 is 38.9 Å². The minimum atomic E-state index is -1.60. The second-order valence-corrected chi connectivity index (χ2v) is 9.59. The fourth-order valence-electron chi connectivity index (χ4n) is 3.23. The zero-order valence-electron chi connectivity index (χ0n) is 24.2. The van der Waals surface area contributed by atoms with Crippen molar-refractivity contribution in [1.29, 1.82) is 0 Å². The molecule has 0 heterocycles. The lowest BCUT2D eigenvalue weighted by molar-refractivity contribution is -0.147. The van der Waals surface area contributed by atoms with Crippen molar-refractivity contribution in [3.63, 3.8) is 0 Å². The van der Waals surface area contributed by atoms with E-state index in [-0.39, 0.29) is 50.8 Å². The van der Waals surface area contributed by atoms with Gasteiger partial charge >= 0.3 is 24.4 Å². The normalized spacial score (nSPS) is 12.2. The van der Waals surface area contributed by atoms with Crippen LogP contribution in [0.1, 0.15) is 71.8 Å². The minimum Gasteiger partial charge on any atom is -0.468 e. The monoisotopic (exact) mass is 569 g/mol. The number of carbonyl (C=O) groups excluding carboxylic acids is 4. The summed E-state index contributed by atoms with van der Waals surface area (Å²) in [4.78, 5) is 48.8. The molecule has 0 unspecified atom stereocenters. The summed E-state index contributed by atoms with van der Waals surface area (Å²) < 4.78 is 35.5. The minimum absolute atomic E-state index is 0.0871. The second-order valence-electron chi connectivity index (χ2n) is 9.59. The molecule has 2 N–H and O–H groups in total. The molecular weight excluding hydrogens is 526 g/mol. The Morgan fingerprint density at radius 3 is 1.90 bits per heavy atom. The van der Waals surface area contributed by atoms with Gasteiger partial charge in [-0.15, -0.1) is 0 Å². The standard InChI is InChI=1S/C28H43NO11/c1-6-8-14-35-26(32)39-22-11-10-21(18-23(22)40-27(33)36-15-9-7-2)19-28(29,24(30)34-5)13-17-38-25(31)37-16-12-20(3)4/h10-11,18,20H,6-9,12-17,19,29H2,1-5H3/t28-/m1/s1. The van der Waals surface area contributed by atoms with E-state index in [1.54, 1.807) is 0 Å². The molecule has 40 heavy (non-hydrogen) atoms. The van der Waals surface area contributed by atoms with Crippen molar-refractivity contribution in [3.05, 3.63) is 23.8 Å². The predicted octanol–water partition coefficient (Wildman–Crippen LogP) is 5.32. The van der Waals surface area contributed by atoms with Gasteiger partial charge in [0.1, 0.15) is 5.54 Å². The first-order valence-corrected chi connectivity index (χ1v) is 13.5.